The lowest BCUT2D eigenvalue weighted by molar-refractivity contribution is 0.507. The van der Waals surface area contributed by atoms with E-state index in [0.717, 1.165) is 0 Å². The van der Waals surface area contributed by atoms with Crippen LogP contribution in [0.4, 0.5) is 0 Å². The van der Waals surface area contributed by atoms with Crippen molar-refractivity contribution in [2.24, 2.45) is 0 Å². The van der Waals surface area contributed by atoms with Gasteiger partial charge in [-0.3, -0.25) is 0 Å². The minimum atomic E-state index is -4.02. The van der Waals surface area contributed by atoms with Crippen molar-refractivity contribution in [3.8, 4) is 12.3 Å². The second-order valence-corrected chi connectivity index (χ2v) is 8.30. The van der Waals surface area contributed by atoms with Gasteiger partial charge in [-0.25, -0.2) is 16.8 Å². The van der Waals surface area contributed by atoms with Crippen molar-refractivity contribution in [2.45, 2.75) is 6.42 Å². The van der Waals surface area contributed by atoms with Crippen LogP contribution in [-0.4, -0.2) is 37.0 Å². The van der Waals surface area contributed by atoms with E-state index in [2.05, 4.69) is 21.9 Å². The van der Waals surface area contributed by atoms with Gasteiger partial charge in [0.15, 0.2) is 0 Å². The summed E-state index contributed by atoms with van der Waals surface area (Å²) in [6.45, 7) is -0.292. The summed E-state index contributed by atoms with van der Waals surface area (Å²) in [5.74, 6) is 2.16. The zero-order chi connectivity index (χ0) is 12.1. The molecular formula is C6H9BrClNO4S2. The van der Waals surface area contributed by atoms with Crippen LogP contribution in [0.2, 0.25) is 0 Å². The van der Waals surface area contributed by atoms with Crippen LogP contribution < -0.4 is 0 Å². The monoisotopic (exact) mass is 337 g/mol. The largest absolute Gasteiger partial charge is 0.241 e. The van der Waals surface area contributed by atoms with E-state index in [0.29, 0.717) is 3.71 Å². The number of terminal acetylenes is 1. The molecular weight excluding hydrogens is 330 g/mol. The molecule has 0 saturated heterocycles. The lowest BCUT2D eigenvalue weighted by atomic mass is 10.5. The van der Waals surface area contributed by atoms with Gasteiger partial charge in [0.2, 0.25) is 20.0 Å². The van der Waals surface area contributed by atoms with Crippen molar-refractivity contribution in [3.05, 3.63) is 0 Å². The SMILES string of the molecule is C#CCCN(S(=O)(=O)CCl)S(=O)(=O)CBr. The third kappa shape index (κ3) is 4.28. The number of hydrogen-bond acceptors (Lipinski definition) is 4. The first-order valence-electron chi connectivity index (χ1n) is 3.60. The average Bonchev–Trinajstić information content (AvgIpc) is 2.18. The van der Waals surface area contributed by atoms with Gasteiger partial charge in [0.1, 0.15) is 9.87 Å². The highest BCUT2D eigenvalue weighted by Crippen LogP contribution is 2.13. The normalized spacial score (nSPS) is 12.7. The first-order chi connectivity index (χ1) is 6.81. The maximum atomic E-state index is 11.4. The van der Waals surface area contributed by atoms with E-state index in [1.165, 1.54) is 0 Å². The highest BCUT2D eigenvalue weighted by atomic mass is 79.9. The molecule has 0 bridgehead atoms. The van der Waals surface area contributed by atoms with Gasteiger partial charge in [-0.05, 0) is 0 Å². The van der Waals surface area contributed by atoms with E-state index in [1.807, 2.05) is 0 Å². The summed E-state index contributed by atoms with van der Waals surface area (Å²) < 4.78 is 45.3. The highest BCUT2D eigenvalue weighted by Gasteiger charge is 2.31. The Kier molecular flexibility index (Phi) is 6.13. The topological polar surface area (TPSA) is 71.5 Å². The van der Waals surface area contributed by atoms with Crippen LogP contribution in [0.15, 0.2) is 0 Å². The molecule has 0 aliphatic heterocycles. The molecule has 0 radical (unpaired) electrons. The molecule has 0 rings (SSSR count). The third-order valence-electron chi connectivity index (χ3n) is 1.33. The molecule has 0 atom stereocenters. The van der Waals surface area contributed by atoms with E-state index < -0.39 is 29.9 Å². The molecule has 88 valence electrons. The number of sulfonamides is 2. The number of nitrogens with zero attached hydrogens (tertiary/aromatic N) is 1. The smallest absolute Gasteiger partial charge is 0.210 e. The summed E-state index contributed by atoms with van der Waals surface area (Å²) in [4.78, 5) is 0. The number of halogens is 2. The van der Waals surface area contributed by atoms with Gasteiger partial charge in [-0.15, -0.1) is 23.9 Å². The molecule has 0 aliphatic rings. The van der Waals surface area contributed by atoms with Crippen LogP contribution in [0.3, 0.4) is 0 Å². The molecule has 0 saturated carbocycles. The molecule has 15 heavy (non-hydrogen) atoms. The zero-order valence-corrected chi connectivity index (χ0v) is 11.5. The van der Waals surface area contributed by atoms with Gasteiger partial charge in [-0.1, -0.05) is 19.6 Å². The molecule has 9 heteroatoms. The Morgan fingerprint density at radius 2 is 1.80 bits per heavy atom. The van der Waals surface area contributed by atoms with Crippen LogP contribution in [0, 0.1) is 12.3 Å². The van der Waals surface area contributed by atoms with Crippen LogP contribution in [-0.2, 0) is 20.0 Å². The van der Waals surface area contributed by atoms with E-state index in [4.69, 9.17) is 18.0 Å². The van der Waals surface area contributed by atoms with Crippen molar-refractivity contribution in [1.29, 1.82) is 0 Å². The van der Waals surface area contributed by atoms with Gasteiger partial charge < -0.3 is 0 Å². The maximum Gasteiger partial charge on any atom is 0.241 e. The highest BCUT2D eigenvalue weighted by molar-refractivity contribution is 9.10. The standard InChI is InChI=1S/C6H9BrClNO4S2/c1-2-3-4-9(14(10,11)5-7)15(12,13)6-8/h1H,3-6H2. The molecule has 0 aliphatic carbocycles. The Morgan fingerprint density at radius 1 is 1.27 bits per heavy atom. The Hall–Kier alpha value is 0.190. The molecule has 0 N–H and O–H groups in total. The Labute approximate surface area is 103 Å². The fourth-order valence-electron chi connectivity index (χ4n) is 0.716. The molecule has 0 unspecified atom stereocenters. The number of hydrogen-bond donors (Lipinski definition) is 0. The van der Waals surface area contributed by atoms with Crippen molar-refractivity contribution >= 4 is 47.6 Å². The third-order valence-corrected chi connectivity index (χ3v) is 7.42. The quantitative estimate of drug-likeness (QED) is 0.523. The average molecular weight is 339 g/mol. The summed E-state index contributed by atoms with van der Waals surface area (Å²) in [5, 5.41) is -0.802. The van der Waals surface area contributed by atoms with Crippen molar-refractivity contribution < 1.29 is 16.8 Å². The van der Waals surface area contributed by atoms with Crippen molar-refractivity contribution in [2.75, 3.05) is 16.4 Å². The first kappa shape index (κ1) is 15.2. The summed E-state index contributed by atoms with van der Waals surface area (Å²) in [6, 6.07) is 0. The van der Waals surface area contributed by atoms with Gasteiger partial charge >= 0.3 is 0 Å². The minimum absolute atomic E-state index is 0.00233. The molecule has 0 fully saturated rings. The predicted molar refractivity (Wildman–Crippen MR) is 62.5 cm³/mol. The number of alkyl halides is 2. The maximum absolute atomic E-state index is 11.4. The van der Waals surface area contributed by atoms with Gasteiger partial charge in [-0.2, -0.15) is 0 Å². The fraction of sp³-hybridized carbons (Fsp3) is 0.667. The van der Waals surface area contributed by atoms with Crippen molar-refractivity contribution in [1.82, 2.24) is 3.71 Å². The minimum Gasteiger partial charge on any atom is -0.210 e. The summed E-state index contributed by atoms with van der Waals surface area (Å²) in [7, 11) is -7.94. The van der Waals surface area contributed by atoms with Crippen molar-refractivity contribution in [3.63, 3.8) is 0 Å². The molecule has 5 nitrogen and oxygen atoms in total. The summed E-state index contributed by atoms with van der Waals surface area (Å²) in [5.41, 5.74) is 0. The lowest BCUT2D eigenvalue weighted by Gasteiger charge is -2.18. The lowest BCUT2D eigenvalue weighted by Crippen LogP contribution is -2.38. The Balaban J connectivity index is 5.19. The van der Waals surface area contributed by atoms with E-state index in [1.54, 1.807) is 0 Å². The van der Waals surface area contributed by atoms with Crippen LogP contribution in [0.5, 0.6) is 0 Å². The van der Waals surface area contributed by atoms with E-state index >= 15 is 0 Å². The molecule has 0 aromatic rings. The zero-order valence-electron chi connectivity index (χ0n) is 7.56. The summed E-state index contributed by atoms with van der Waals surface area (Å²) >= 11 is 7.87. The molecule has 0 aromatic heterocycles. The molecule has 0 amide bonds. The second-order valence-electron chi connectivity index (χ2n) is 2.39. The van der Waals surface area contributed by atoms with Crippen LogP contribution in [0.1, 0.15) is 6.42 Å². The van der Waals surface area contributed by atoms with E-state index in [-0.39, 0.29) is 13.0 Å². The molecule has 0 spiro atoms. The molecule has 0 heterocycles. The van der Waals surface area contributed by atoms with Crippen LogP contribution in [0.25, 0.3) is 0 Å². The second kappa shape index (κ2) is 6.06. The molecule has 0 aromatic carbocycles. The van der Waals surface area contributed by atoms with Gasteiger partial charge in [0.05, 0.1) is 0 Å². The predicted octanol–water partition coefficient (Wildman–Crippen LogP) is 0.520. The first-order valence-corrected chi connectivity index (χ1v) is 8.48. The van der Waals surface area contributed by atoms with Gasteiger partial charge in [0.25, 0.3) is 0 Å². The Bertz CT molecular complexity index is 404. The van der Waals surface area contributed by atoms with Crippen LogP contribution >= 0.6 is 27.5 Å². The summed E-state index contributed by atoms with van der Waals surface area (Å²) in [6.07, 6.45) is 4.94. The van der Waals surface area contributed by atoms with Gasteiger partial charge in [0, 0.05) is 13.0 Å². The van der Waals surface area contributed by atoms with E-state index in [9.17, 15) is 16.8 Å². The number of rotatable bonds is 6. The Morgan fingerprint density at radius 3 is 2.13 bits per heavy atom. The fourth-order valence-corrected chi connectivity index (χ4v) is 5.05.